The van der Waals surface area contributed by atoms with Crippen LogP contribution in [-0.4, -0.2) is 20.5 Å². The third-order valence-electron chi connectivity index (χ3n) is 3.13. The standard InChI is InChI=1S/C14H19N3OS/c1-10(2)9-19-14-16-15-13(11-5-6-11)17(14)8-12-4-3-7-18-12/h3-4,7,10-11H,5-6,8-9H2,1-2H3. The number of hydrogen-bond donors (Lipinski definition) is 0. The molecule has 0 atom stereocenters. The van der Waals surface area contributed by atoms with Gasteiger partial charge < -0.3 is 4.42 Å². The van der Waals surface area contributed by atoms with Crippen molar-refractivity contribution < 1.29 is 4.42 Å². The molecule has 1 saturated carbocycles. The second-order valence-electron chi connectivity index (χ2n) is 5.49. The van der Waals surface area contributed by atoms with E-state index < -0.39 is 0 Å². The van der Waals surface area contributed by atoms with Crippen molar-refractivity contribution in [2.75, 3.05) is 5.75 Å². The van der Waals surface area contributed by atoms with Gasteiger partial charge in [0.15, 0.2) is 5.16 Å². The third kappa shape index (κ3) is 3.03. The van der Waals surface area contributed by atoms with E-state index in [2.05, 4.69) is 28.6 Å². The monoisotopic (exact) mass is 277 g/mol. The molecule has 2 heterocycles. The minimum absolute atomic E-state index is 0.607. The second-order valence-corrected chi connectivity index (χ2v) is 6.47. The highest BCUT2D eigenvalue weighted by Gasteiger charge is 2.30. The number of furan rings is 1. The Balaban J connectivity index is 1.82. The Morgan fingerprint density at radius 1 is 1.42 bits per heavy atom. The Labute approximate surface area is 117 Å². The van der Waals surface area contributed by atoms with Gasteiger partial charge in [-0.25, -0.2) is 0 Å². The average molecular weight is 277 g/mol. The van der Waals surface area contributed by atoms with Crippen LogP contribution in [0.2, 0.25) is 0 Å². The van der Waals surface area contributed by atoms with Crippen LogP contribution < -0.4 is 0 Å². The van der Waals surface area contributed by atoms with Crippen LogP contribution in [0.5, 0.6) is 0 Å². The molecular formula is C14H19N3OS. The van der Waals surface area contributed by atoms with Gasteiger partial charge in [-0.05, 0) is 30.9 Å². The van der Waals surface area contributed by atoms with Gasteiger partial charge in [-0.3, -0.25) is 4.57 Å². The molecule has 2 aromatic heterocycles. The topological polar surface area (TPSA) is 43.9 Å². The van der Waals surface area contributed by atoms with E-state index in [1.54, 1.807) is 18.0 Å². The Morgan fingerprint density at radius 2 is 2.26 bits per heavy atom. The molecule has 102 valence electrons. The summed E-state index contributed by atoms with van der Waals surface area (Å²) in [5, 5.41) is 9.77. The molecule has 1 aliphatic rings. The van der Waals surface area contributed by atoms with Gasteiger partial charge in [0.2, 0.25) is 0 Å². The molecule has 0 saturated heterocycles. The summed E-state index contributed by atoms with van der Waals surface area (Å²) in [5.74, 6) is 4.43. The molecule has 0 radical (unpaired) electrons. The summed E-state index contributed by atoms with van der Waals surface area (Å²) in [5.41, 5.74) is 0. The second kappa shape index (κ2) is 5.41. The smallest absolute Gasteiger partial charge is 0.191 e. The van der Waals surface area contributed by atoms with Crippen LogP contribution >= 0.6 is 11.8 Å². The lowest BCUT2D eigenvalue weighted by Crippen LogP contribution is -2.06. The predicted molar refractivity (Wildman–Crippen MR) is 75.4 cm³/mol. The van der Waals surface area contributed by atoms with E-state index in [0.717, 1.165) is 29.0 Å². The fraction of sp³-hybridized carbons (Fsp3) is 0.571. The molecule has 2 aromatic rings. The molecular weight excluding hydrogens is 258 g/mol. The van der Waals surface area contributed by atoms with Crippen molar-refractivity contribution in [2.24, 2.45) is 5.92 Å². The van der Waals surface area contributed by atoms with Gasteiger partial charge in [0.25, 0.3) is 0 Å². The van der Waals surface area contributed by atoms with Crippen LogP contribution in [0.4, 0.5) is 0 Å². The van der Waals surface area contributed by atoms with E-state index in [0.29, 0.717) is 11.8 Å². The van der Waals surface area contributed by atoms with Crippen molar-refractivity contribution in [1.82, 2.24) is 14.8 Å². The SMILES string of the molecule is CC(C)CSc1nnc(C2CC2)n1Cc1ccco1. The minimum atomic E-state index is 0.607. The summed E-state index contributed by atoms with van der Waals surface area (Å²) in [4.78, 5) is 0. The summed E-state index contributed by atoms with van der Waals surface area (Å²) in [6, 6.07) is 3.94. The lowest BCUT2D eigenvalue weighted by molar-refractivity contribution is 0.478. The van der Waals surface area contributed by atoms with Gasteiger partial charge in [0, 0.05) is 11.7 Å². The highest BCUT2D eigenvalue weighted by atomic mass is 32.2. The molecule has 1 fully saturated rings. The van der Waals surface area contributed by atoms with Crippen LogP contribution in [0.3, 0.4) is 0 Å². The fourth-order valence-electron chi connectivity index (χ4n) is 2.00. The summed E-state index contributed by atoms with van der Waals surface area (Å²) in [6.07, 6.45) is 4.20. The van der Waals surface area contributed by atoms with E-state index in [1.807, 2.05) is 12.1 Å². The molecule has 0 amide bonds. The lowest BCUT2D eigenvalue weighted by Gasteiger charge is -2.09. The zero-order valence-corrected chi connectivity index (χ0v) is 12.2. The average Bonchev–Trinajstić information content (AvgIpc) is 2.95. The molecule has 3 rings (SSSR count). The van der Waals surface area contributed by atoms with Gasteiger partial charge in [-0.2, -0.15) is 0 Å². The minimum Gasteiger partial charge on any atom is -0.467 e. The molecule has 0 N–H and O–H groups in total. The van der Waals surface area contributed by atoms with Crippen molar-refractivity contribution >= 4 is 11.8 Å². The number of nitrogens with zero attached hydrogens (tertiary/aromatic N) is 3. The summed E-state index contributed by atoms with van der Waals surface area (Å²) in [7, 11) is 0. The number of hydrogen-bond acceptors (Lipinski definition) is 4. The quantitative estimate of drug-likeness (QED) is 0.757. The Morgan fingerprint density at radius 3 is 2.89 bits per heavy atom. The maximum Gasteiger partial charge on any atom is 0.191 e. The highest BCUT2D eigenvalue weighted by molar-refractivity contribution is 7.99. The zero-order chi connectivity index (χ0) is 13.2. The van der Waals surface area contributed by atoms with Gasteiger partial charge >= 0.3 is 0 Å². The van der Waals surface area contributed by atoms with E-state index >= 15 is 0 Å². The number of thioether (sulfide) groups is 1. The maximum absolute atomic E-state index is 5.46. The first-order valence-electron chi connectivity index (χ1n) is 6.82. The first kappa shape index (κ1) is 12.8. The normalized spacial score (nSPS) is 15.3. The predicted octanol–water partition coefficient (Wildman–Crippen LogP) is 3.54. The Hall–Kier alpha value is -1.23. The Kier molecular flexibility index (Phi) is 3.64. The molecule has 0 bridgehead atoms. The molecule has 19 heavy (non-hydrogen) atoms. The van der Waals surface area contributed by atoms with Gasteiger partial charge in [-0.1, -0.05) is 25.6 Å². The largest absolute Gasteiger partial charge is 0.467 e. The van der Waals surface area contributed by atoms with Crippen molar-refractivity contribution in [3.05, 3.63) is 30.0 Å². The molecule has 0 spiro atoms. The van der Waals surface area contributed by atoms with Crippen LogP contribution in [0.1, 0.15) is 44.2 Å². The highest BCUT2D eigenvalue weighted by Crippen LogP contribution is 2.40. The van der Waals surface area contributed by atoms with Crippen LogP contribution in [0.25, 0.3) is 0 Å². The van der Waals surface area contributed by atoms with E-state index in [-0.39, 0.29) is 0 Å². The van der Waals surface area contributed by atoms with Crippen LogP contribution in [0.15, 0.2) is 28.0 Å². The maximum atomic E-state index is 5.46. The summed E-state index contributed by atoms with van der Waals surface area (Å²) >= 11 is 1.79. The number of aromatic nitrogens is 3. The summed E-state index contributed by atoms with van der Waals surface area (Å²) < 4.78 is 7.68. The molecule has 0 aliphatic heterocycles. The fourth-order valence-corrected chi connectivity index (χ4v) is 2.89. The first-order chi connectivity index (χ1) is 9.24. The van der Waals surface area contributed by atoms with Crippen molar-refractivity contribution in [1.29, 1.82) is 0 Å². The van der Waals surface area contributed by atoms with Crippen molar-refractivity contribution in [3.8, 4) is 0 Å². The van der Waals surface area contributed by atoms with Gasteiger partial charge in [0.1, 0.15) is 11.6 Å². The molecule has 1 aliphatic carbocycles. The van der Waals surface area contributed by atoms with Gasteiger partial charge in [0.05, 0.1) is 12.8 Å². The molecule has 0 unspecified atom stereocenters. The zero-order valence-electron chi connectivity index (χ0n) is 11.4. The number of rotatable bonds is 6. The van der Waals surface area contributed by atoms with Crippen molar-refractivity contribution in [2.45, 2.75) is 44.3 Å². The first-order valence-corrected chi connectivity index (χ1v) is 7.81. The molecule has 5 heteroatoms. The Bertz CT molecular complexity index is 529. The lowest BCUT2D eigenvalue weighted by atomic mass is 10.3. The van der Waals surface area contributed by atoms with Gasteiger partial charge in [-0.15, -0.1) is 10.2 Å². The van der Waals surface area contributed by atoms with E-state index in [9.17, 15) is 0 Å². The van der Waals surface area contributed by atoms with E-state index in [1.165, 1.54) is 12.8 Å². The van der Waals surface area contributed by atoms with Crippen LogP contribution in [-0.2, 0) is 6.54 Å². The molecule has 0 aromatic carbocycles. The molecule has 4 nitrogen and oxygen atoms in total. The van der Waals surface area contributed by atoms with Crippen molar-refractivity contribution in [3.63, 3.8) is 0 Å². The third-order valence-corrected chi connectivity index (χ3v) is 4.52. The van der Waals surface area contributed by atoms with Crippen LogP contribution in [0, 0.1) is 5.92 Å². The summed E-state index contributed by atoms with van der Waals surface area (Å²) in [6.45, 7) is 5.19. The van der Waals surface area contributed by atoms with E-state index in [4.69, 9.17) is 4.42 Å².